The van der Waals surface area contributed by atoms with E-state index in [1.165, 1.54) is 0 Å². The van der Waals surface area contributed by atoms with Crippen LogP contribution in [-0.4, -0.2) is 29.1 Å². The third-order valence-corrected chi connectivity index (χ3v) is 2.32. The molecule has 0 aliphatic carbocycles. The van der Waals surface area contributed by atoms with Gasteiger partial charge >= 0.3 is 5.97 Å². The van der Waals surface area contributed by atoms with Crippen LogP contribution >= 0.6 is 11.8 Å². The predicted octanol–water partition coefficient (Wildman–Crippen LogP) is 1.10. The predicted molar refractivity (Wildman–Crippen MR) is 52.4 cm³/mol. The largest absolute Gasteiger partial charge is 0.478 e. The topological polar surface area (TPSA) is 63.3 Å². The Hall–Kier alpha value is -0.480. The minimum Gasteiger partial charge on any atom is -0.478 e. The van der Waals surface area contributed by atoms with Crippen LogP contribution in [0.1, 0.15) is 13.3 Å². The van der Waals surface area contributed by atoms with Gasteiger partial charge in [0.1, 0.15) is 0 Å². The van der Waals surface area contributed by atoms with E-state index < -0.39 is 5.97 Å². The summed E-state index contributed by atoms with van der Waals surface area (Å²) in [5.41, 5.74) is 5.71. The van der Waals surface area contributed by atoms with Crippen LogP contribution in [0, 0.1) is 0 Å². The molecule has 0 aliphatic rings. The lowest BCUT2D eigenvalue weighted by Gasteiger charge is -1.96. The number of hydrogen-bond donors (Lipinski definition) is 2. The van der Waals surface area contributed by atoms with Gasteiger partial charge in [0, 0.05) is 11.3 Å². The molecule has 0 fully saturated rings. The summed E-state index contributed by atoms with van der Waals surface area (Å²) < 4.78 is 0. The molecular weight excluding hydrogens is 174 g/mol. The van der Waals surface area contributed by atoms with Crippen molar-refractivity contribution in [3.63, 3.8) is 0 Å². The molecule has 0 heterocycles. The van der Waals surface area contributed by atoms with Gasteiger partial charge in [0.25, 0.3) is 0 Å². The lowest BCUT2D eigenvalue weighted by Crippen LogP contribution is -2.00. The highest BCUT2D eigenvalue weighted by atomic mass is 32.2. The van der Waals surface area contributed by atoms with Gasteiger partial charge in [-0.05, 0) is 25.6 Å². The molecule has 0 aromatic carbocycles. The van der Waals surface area contributed by atoms with Crippen molar-refractivity contribution in [2.24, 2.45) is 5.73 Å². The molecule has 0 radical (unpaired) electrons. The summed E-state index contributed by atoms with van der Waals surface area (Å²) in [6, 6.07) is 0. The quantitative estimate of drug-likeness (QED) is 0.485. The lowest BCUT2D eigenvalue weighted by atomic mass is 10.3. The second-order valence-electron chi connectivity index (χ2n) is 2.41. The van der Waals surface area contributed by atoms with E-state index in [1.54, 1.807) is 24.8 Å². The number of nitrogens with two attached hydrogens (primary N) is 1. The van der Waals surface area contributed by atoms with Gasteiger partial charge in [-0.1, -0.05) is 6.08 Å². The Morgan fingerprint density at radius 2 is 2.33 bits per heavy atom. The van der Waals surface area contributed by atoms with E-state index in [1.807, 2.05) is 0 Å². The Labute approximate surface area is 77.0 Å². The van der Waals surface area contributed by atoms with Gasteiger partial charge in [0.05, 0.1) is 0 Å². The fraction of sp³-hybridized carbons (Fsp3) is 0.625. The van der Waals surface area contributed by atoms with Gasteiger partial charge < -0.3 is 10.8 Å². The van der Waals surface area contributed by atoms with Crippen molar-refractivity contribution in [3.8, 4) is 0 Å². The van der Waals surface area contributed by atoms with E-state index in [0.717, 1.165) is 17.9 Å². The number of carbonyl (C=O) groups is 1. The molecule has 3 N–H and O–H groups in total. The Morgan fingerprint density at radius 1 is 1.67 bits per heavy atom. The minimum absolute atomic E-state index is 0.412. The maximum absolute atomic E-state index is 10.3. The SMILES string of the molecule is CC(=CCSCCCN)C(=O)O. The Bertz CT molecular complexity index is 168. The number of thioether (sulfide) groups is 1. The van der Waals surface area contributed by atoms with Crippen LogP contribution in [0.5, 0.6) is 0 Å². The molecule has 0 aromatic rings. The fourth-order valence-corrected chi connectivity index (χ4v) is 1.45. The smallest absolute Gasteiger partial charge is 0.330 e. The standard InChI is InChI=1S/C8H15NO2S/c1-7(8(10)11)3-6-12-5-2-4-9/h3H,2,4-6,9H2,1H3,(H,10,11). The van der Waals surface area contributed by atoms with Crippen molar-refractivity contribution in [1.82, 2.24) is 0 Å². The molecule has 12 heavy (non-hydrogen) atoms. The Morgan fingerprint density at radius 3 is 2.83 bits per heavy atom. The van der Waals surface area contributed by atoms with Gasteiger partial charge in [-0.3, -0.25) is 0 Å². The van der Waals surface area contributed by atoms with Crippen LogP contribution in [0.3, 0.4) is 0 Å². The summed E-state index contributed by atoms with van der Waals surface area (Å²) in [6.07, 6.45) is 2.72. The zero-order valence-corrected chi connectivity index (χ0v) is 8.06. The van der Waals surface area contributed by atoms with Crippen LogP contribution in [0.4, 0.5) is 0 Å². The summed E-state index contributed by atoms with van der Waals surface area (Å²) in [6.45, 7) is 2.31. The van der Waals surface area contributed by atoms with E-state index in [9.17, 15) is 4.79 Å². The highest BCUT2D eigenvalue weighted by Crippen LogP contribution is 2.04. The van der Waals surface area contributed by atoms with Gasteiger partial charge in [-0.25, -0.2) is 4.79 Å². The Balaban J connectivity index is 3.40. The van der Waals surface area contributed by atoms with E-state index in [4.69, 9.17) is 10.8 Å². The molecule has 0 spiro atoms. The van der Waals surface area contributed by atoms with Crippen molar-refractivity contribution in [2.45, 2.75) is 13.3 Å². The molecular formula is C8H15NO2S. The highest BCUT2D eigenvalue weighted by molar-refractivity contribution is 7.99. The molecule has 0 unspecified atom stereocenters. The summed E-state index contributed by atoms with van der Waals surface area (Å²) in [4.78, 5) is 10.3. The van der Waals surface area contributed by atoms with Crippen LogP contribution < -0.4 is 5.73 Å². The molecule has 0 amide bonds. The van der Waals surface area contributed by atoms with Crippen molar-refractivity contribution < 1.29 is 9.90 Å². The van der Waals surface area contributed by atoms with Gasteiger partial charge in [0.2, 0.25) is 0 Å². The molecule has 4 heteroatoms. The van der Waals surface area contributed by atoms with Crippen molar-refractivity contribution in [3.05, 3.63) is 11.6 Å². The second-order valence-corrected chi connectivity index (χ2v) is 3.56. The fourth-order valence-electron chi connectivity index (χ4n) is 0.540. The summed E-state index contributed by atoms with van der Waals surface area (Å²) in [7, 11) is 0. The number of rotatable bonds is 6. The minimum atomic E-state index is -0.838. The van der Waals surface area contributed by atoms with E-state index in [-0.39, 0.29) is 0 Å². The molecule has 0 rings (SSSR count). The Kier molecular flexibility index (Phi) is 6.90. The molecule has 70 valence electrons. The highest BCUT2D eigenvalue weighted by Gasteiger charge is 1.97. The first-order chi connectivity index (χ1) is 5.68. The van der Waals surface area contributed by atoms with Crippen molar-refractivity contribution in [1.29, 1.82) is 0 Å². The number of hydrogen-bond acceptors (Lipinski definition) is 3. The molecule has 0 saturated heterocycles. The first-order valence-electron chi connectivity index (χ1n) is 3.86. The first-order valence-corrected chi connectivity index (χ1v) is 5.01. The van der Waals surface area contributed by atoms with Crippen LogP contribution in [0.25, 0.3) is 0 Å². The van der Waals surface area contributed by atoms with Crippen molar-refractivity contribution in [2.75, 3.05) is 18.1 Å². The lowest BCUT2D eigenvalue weighted by molar-refractivity contribution is -0.132. The molecule has 0 atom stereocenters. The van der Waals surface area contributed by atoms with Gasteiger partial charge in [0.15, 0.2) is 0 Å². The summed E-state index contributed by atoms with van der Waals surface area (Å²) in [5, 5.41) is 8.49. The summed E-state index contributed by atoms with van der Waals surface area (Å²) >= 11 is 1.70. The second kappa shape index (κ2) is 7.18. The first kappa shape index (κ1) is 11.5. The van der Waals surface area contributed by atoms with Crippen LogP contribution in [0.15, 0.2) is 11.6 Å². The van der Waals surface area contributed by atoms with Gasteiger partial charge in [-0.2, -0.15) is 11.8 Å². The van der Waals surface area contributed by atoms with E-state index in [0.29, 0.717) is 12.1 Å². The molecule has 0 saturated carbocycles. The monoisotopic (exact) mass is 189 g/mol. The molecule has 0 bridgehead atoms. The van der Waals surface area contributed by atoms with E-state index >= 15 is 0 Å². The zero-order valence-electron chi connectivity index (χ0n) is 7.25. The van der Waals surface area contributed by atoms with Crippen LogP contribution in [0.2, 0.25) is 0 Å². The van der Waals surface area contributed by atoms with Gasteiger partial charge in [-0.15, -0.1) is 0 Å². The molecule has 0 aromatic heterocycles. The maximum atomic E-state index is 10.3. The third-order valence-electron chi connectivity index (χ3n) is 1.34. The van der Waals surface area contributed by atoms with Crippen LogP contribution in [-0.2, 0) is 4.79 Å². The maximum Gasteiger partial charge on any atom is 0.330 e. The number of carboxylic acid groups (broad SMARTS) is 1. The number of aliphatic carboxylic acids is 1. The third kappa shape index (κ3) is 6.24. The van der Waals surface area contributed by atoms with E-state index in [2.05, 4.69) is 0 Å². The molecule has 3 nitrogen and oxygen atoms in total. The number of carboxylic acids is 1. The average molecular weight is 189 g/mol. The average Bonchev–Trinajstić information content (AvgIpc) is 2.03. The normalized spacial score (nSPS) is 11.7. The molecule has 0 aliphatic heterocycles. The van der Waals surface area contributed by atoms with Crippen molar-refractivity contribution >= 4 is 17.7 Å². The zero-order chi connectivity index (χ0) is 9.40. The summed E-state index contributed by atoms with van der Waals surface area (Å²) in [5.74, 6) is 0.923.